The molecule has 0 radical (unpaired) electrons. The molecule has 0 spiro atoms. The van der Waals surface area contributed by atoms with Gasteiger partial charge < -0.3 is 15.4 Å². The van der Waals surface area contributed by atoms with Crippen LogP contribution in [0.1, 0.15) is 73.6 Å². The molecule has 3 aliphatic rings. The largest absolute Gasteiger partial charge is 0.489 e. The number of aromatic nitrogens is 2. The van der Waals surface area contributed by atoms with Gasteiger partial charge in [-0.3, -0.25) is 24.2 Å². The maximum Gasteiger partial charge on any atom is 0.269 e. The second-order valence-electron chi connectivity index (χ2n) is 14.2. The Balaban J connectivity index is 1.11. The summed E-state index contributed by atoms with van der Waals surface area (Å²) in [5.41, 5.74) is 5.56. The summed E-state index contributed by atoms with van der Waals surface area (Å²) < 4.78 is 22.1. The van der Waals surface area contributed by atoms with Crippen LogP contribution in [0.2, 0.25) is 5.02 Å². The minimum absolute atomic E-state index is 0.114. The van der Waals surface area contributed by atoms with Crippen molar-refractivity contribution >= 4 is 35.1 Å². The maximum absolute atomic E-state index is 15.8. The number of piperazine rings is 1. The van der Waals surface area contributed by atoms with Crippen molar-refractivity contribution in [2.45, 2.75) is 65.1 Å². The smallest absolute Gasteiger partial charge is 0.269 e. The predicted molar refractivity (Wildman–Crippen MR) is 180 cm³/mol. The summed E-state index contributed by atoms with van der Waals surface area (Å²) in [6.45, 7) is 11.2. The predicted octanol–water partition coefficient (Wildman–Crippen LogP) is 4.68. The normalized spacial score (nSPS) is 23.5. The van der Waals surface area contributed by atoms with Crippen LogP contribution in [0.4, 0.5) is 10.2 Å². The van der Waals surface area contributed by atoms with Crippen molar-refractivity contribution in [1.29, 1.82) is 5.26 Å². The molecule has 11 nitrogen and oxygen atoms in total. The van der Waals surface area contributed by atoms with Gasteiger partial charge in [-0.2, -0.15) is 5.26 Å². The highest BCUT2D eigenvalue weighted by molar-refractivity contribution is 6.31. The number of rotatable bonds is 8. The van der Waals surface area contributed by atoms with E-state index < -0.39 is 40.4 Å². The number of ether oxygens (including phenoxy) is 1. The van der Waals surface area contributed by atoms with E-state index in [-0.39, 0.29) is 35.6 Å². The minimum atomic E-state index is -0.777. The van der Waals surface area contributed by atoms with Crippen molar-refractivity contribution in [3.05, 3.63) is 81.8 Å². The number of imide groups is 1. The van der Waals surface area contributed by atoms with Gasteiger partial charge in [0.1, 0.15) is 23.7 Å². The van der Waals surface area contributed by atoms with E-state index in [2.05, 4.69) is 20.0 Å². The first kappa shape index (κ1) is 34.3. The van der Waals surface area contributed by atoms with Gasteiger partial charge in [-0.1, -0.05) is 51.4 Å². The highest BCUT2D eigenvalue weighted by Crippen LogP contribution is 2.59. The molecule has 2 N–H and O–H groups in total. The van der Waals surface area contributed by atoms with Gasteiger partial charge in [-0.15, -0.1) is 10.2 Å². The molecular weight excluding hydrogens is 649 g/mol. The molecule has 1 aliphatic carbocycles. The molecule has 2 aliphatic heterocycles. The number of carbonyl (C=O) groups excluding carboxylic acids is 3. The summed E-state index contributed by atoms with van der Waals surface area (Å²) in [5, 5.41) is 17.5. The lowest BCUT2D eigenvalue weighted by molar-refractivity contribution is -0.215. The Kier molecular flexibility index (Phi) is 9.11. The molecule has 3 amide bonds. The topological polar surface area (TPSA) is 146 Å². The van der Waals surface area contributed by atoms with E-state index in [0.717, 1.165) is 18.7 Å². The van der Waals surface area contributed by atoms with Crippen molar-refractivity contribution in [1.82, 2.24) is 20.0 Å². The minimum Gasteiger partial charge on any atom is -0.489 e. The number of halogens is 2. The van der Waals surface area contributed by atoms with Crippen LogP contribution in [0.3, 0.4) is 0 Å². The third-order valence-electron chi connectivity index (χ3n) is 10.2. The van der Waals surface area contributed by atoms with Crippen LogP contribution in [-0.2, 0) is 16.1 Å². The quantitative estimate of drug-likeness (QED) is 0.334. The van der Waals surface area contributed by atoms with Crippen molar-refractivity contribution < 1.29 is 23.5 Å². The Hall–Kier alpha value is -4.60. The summed E-state index contributed by atoms with van der Waals surface area (Å²) in [6, 6.07) is 14.8. The van der Waals surface area contributed by atoms with E-state index in [9.17, 15) is 19.6 Å². The zero-order valence-electron chi connectivity index (χ0n) is 28.0. The Morgan fingerprint density at radius 1 is 1.04 bits per heavy atom. The molecule has 3 fully saturated rings. The molecule has 1 aromatic heterocycles. The Morgan fingerprint density at radius 3 is 2.35 bits per heavy atom. The van der Waals surface area contributed by atoms with E-state index in [1.807, 2.05) is 39.8 Å². The van der Waals surface area contributed by atoms with Gasteiger partial charge in [0.15, 0.2) is 11.5 Å². The van der Waals surface area contributed by atoms with Gasteiger partial charge in [0.2, 0.25) is 11.8 Å². The van der Waals surface area contributed by atoms with Crippen molar-refractivity contribution in [2.75, 3.05) is 31.1 Å². The number of hydrogen-bond acceptors (Lipinski definition) is 9. The molecule has 2 aromatic carbocycles. The number of nitriles is 1. The van der Waals surface area contributed by atoms with E-state index in [4.69, 9.17) is 22.1 Å². The Morgan fingerprint density at radius 2 is 1.76 bits per heavy atom. The summed E-state index contributed by atoms with van der Waals surface area (Å²) in [4.78, 5) is 44.4. The fourth-order valence-electron chi connectivity index (χ4n) is 8.21. The average molecular weight is 688 g/mol. The third kappa shape index (κ3) is 6.33. The first-order valence-corrected chi connectivity index (χ1v) is 16.7. The van der Waals surface area contributed by atoms with Crippen LogP contribution >= 0.6 is 11.6 Å². The number of nitrogens with two attached hydrogens (primary N) is 1. The van der Waals surface area contributed by atoms with Crippen LogP contribution in [0.5, 0.6) is 5.75 Å². The van der Waals surface area contributed by atoms with Crippen molar-refractivity contribution in [3.8, 4) is 11.8 Å². The van der Waals surface area contributed by atoms with Crippen LogP contribution in [0, 0.1) is 28.0 Å². The number of carbonyl (C=O) groups is 3. The summed E-state index contributed by atoms with van der Waals surface area (Å²) in [6.07, 6.45) is 0.00679. The zero-order chi connectivity index (χ0) is 35.2. The van der Waals surface area contributed by atoms with Crippen LogP contribution in [0.25, 0.3) is 0 Å². The first-order valence-electron chi connectivity index (χ1n) is 16.3. The number of anilines is 1. The second-order valence-corrected chi connectivity index (χ2v) is 14.7. The lowest BCUT2D eigenvalue weighted by Gasteiger charge is -2.65. The molecule has 256 valence electrons. The fourth-order valence-corrected chi connectivity index (χ4v) is 8.42. The third-order valence-corrected chi connectivity index (χ3v) is 10.5. The number of amides is 3. The molecule has 0 bridgehead atoms. The monoisotopic (exact) mass is 687 g/mol. The van der Waals surface area contributed by atoms with Gasteiger partial charge in [0.05, 0.1) is 22.5 Å². The molecule has 3 aromatic rings. The molecule has 1 unspecified atom stereocenters. The van der Waals surface area contributed by atoms with Crippen LogP contribution in [-0.4, -0.2) is 76.0 Å². The molecule has 6 rings (SSSR count). The van der Waals surface area contributed by atoms with Gasteiger partial charge in [0, 0.05) is 61.6 Å². The van der Waals surface area contributed by atoms with E-state index >= 15 is 4.39 Å². The first-order chi connectivity index (χ1) is 23.2. The molecule has 2 saturated heterocycles. The van der Waals surface area contributed by atoms with E-state index in [1.54, 1.807) is 36.4 Å². The second kappa shape index (κ2) is 13.0. The zero-order valence-corrected chi connectivity index (χ0v) is 28.7. The van der Waals surface area contributed by atoms with Crippen molar-refractivity contribution in [3.63, 3.8) is 0 Å². The standard InChI is InChI=1S/C36H39ClFN7O4/c1-35(2)33(36(3,4)34(35)49-23-7-6-22(19-39)26(37)18-23)45-30(46)12-9-25(32(45)48)24-8-5-21(17-27(24)38)20-43-13-15-44(16-14-43)29-11-10-28(31(40)47)41-42-29/h5-8,10-11,17-18,25,33-34H,9,12-16,20H2,1-4H3,(H2,40,47). The van der Waals surface area contributed by atoms with Gasteiger partial charge in [-0.25, -0.2) is 4.39 Å². The van der Waals surface area contributed by atoms with Crippen molar-refractivity contribution in [2.24, 2.45) is 16.6 Å². The summed E-state index contributed by atoms with van der Waals surface area (Å²) in [7, 11) is 0. The molecule has 13 heteroatoms. The fraction of sp³-hybridized carbons (Fsp3) is 0.444. The Labute approximate surface area is 289 Å². The van der Waals surface area contributed by atoms with Gasteiger partial charge in [0.25, 0.3) is 5.91 Å². The maximum atomic E-state index is 15.8. The van der Waals surface area contributed by atoms with Crippen LogP contribution < -0.4 is 15.4 Å². The number of likely N-dealkylation sites (tertiary alicyclic amines) is 1. The number of hydrogen-bond donors (Lipinski definition) is 1. The highest BCUT2D eigenvalue weighted by atomic mass is 35.5. The Bertz CT molecular complexity index is 1820. The van der Waals surface area contributed by atoms with Gasteiger partial charge >= 0.3 is 0 Å². The molecule has 1 atom stereocenters. The lowest BCUT2D eigenvalue weighted by Crippen LogP contribution is -2.76. The lowest BCUT2D eigenvalue weighted by atomic mass is 9.48. The average Bonchev–Trinajstić information content (AvgIpc) is 3.06. The molecular formula is C36H39ClFN7O4. The SMILES string of the molecule is CC1(C)C(Oc2ccc(C#N)c(Cl)c2)C(C)(C)C1N1C(=O)CCC(c2ccc(CN3CCN(c4ccc(C(N)=O)nn4)CC3)cc2F)C1=O. The molecule has 49 heavy (non-hydrogen) atoms. The van der Waals surface area contributed by atoms with E-state index in [0.29, 0.717) is 42.3 Å². The van der Waals surface area contributed by atoms with E-state index in [1.165, 1.54) is 11.0 Å². The molecule has 1 saturated carbocycles. The number of benzene rings is 2. The van der Waals surface area contributed by atoms with Gasteiger partial charge in [-0.05, 0) is 42.3 Å². The number of piperidine rings is 1. The highest BCUT2D eigenvalue weighted by Gasteiger charge is 2.68. The van der Waals surface area contributed by atoms with Crippen LogP contribution in [0.15, 0.2) is 48.5 Å². The number of nitrogens with zero attached hydrogens (tertiary/aromatic N) is 6. The summed E-state index contributed by atoms with van der Waals surface area (Å²) in [5.74, 6) is -1.36. The molecule has 3 heterocycles. The summed E-state index contributed by atoms with van der Waals surface area (Å²) >= 11 is 6.24. The number of primary amides is 1.